The number of aliphatic hydroxyl groups is 1. The lowest BCUT2D eigenvalue weighted by Crippen LogP contribution is -2.66. The van der Waals surface area contributed by atoms with Gasteiger partial charge in [-0.3, -0.25) is 19.8 Å². The number of hydrogen-bond donors (Lipinski definition) is 4. The van der Waals surface area contributed by atoms with E-state index in [0.717, 1.165) is 18.2 Å². The topological polar surface area (TPSA) is 93.7 Å². The van der Waals surface area contributed by atoms with Crippen molar-refractivity contribution in [2.24, 2.45) is 0 Å². The number of nitrogens with one attached hydrogen (secondary N) is 3. The van der Waals surface area contributed by atoms with Crippen molar-refractivity contribution in [1.29, 1.82) is 0 Å². The molecule has 1 saturated heterocycles. The number of carbonyl (C=O) groups excluding carboxylic acids is 2. The average Bonchev–Trinajstić information content (AvgIpc) is 2.59. The molecule has 2 rings (SSSR count). The number of rotatable bonds is 5. The van der Waals surface area contributed by atoms with Gasteiger partial charge in [-0.05, 0) is 38.7 Å². The summed E-state index contributed by atoms with van der Waals surface area (Å²) in [4.78, 5) is 26.2. The molecule has 1 aliphatic rings. The predicted octanol–water partition coefficient (Wildman–Crippen LogP) is 1.01. The minimum absolute atomic E-state index is 0.127. The number of aliphatic hydroxyl groups excluding tert-OH is 1. The largest absolute Gasteiger partial charge is 0.416 e. The third-order valence-corrected chi connectivity index (χ3v) is 4.80. The molecule has 0 radical (unpaired) electrons. The van der Waals surface area contributed by atoms with E-state index in [2.05, 4.69) is 16.0 Å². The Morgan fingerprint density at radius 1 is 1.39 bits per heavy atom. The maximum atomic E-state index is 12.8. The highest BCUT2D eigenvalue weighted by Gasteiger charge is 2.38. The molecular formula is C17H22ClF3N4O3. The number of alkyl halides is 3. The molecule has 0 aliphatic carbocycles. The van der Waals surface area contributed by atoms with Crippen LogP contribution < -0.4 is 16.0 Å². The Balaban J connectivity index is 2.24. The maximum absolute atomic E-state index is 12.8. The number of benzene rings is 1. The molecule has 4 N–H and O–H groups in total. The monoisotopic (exact) mass is 422 g/mol. The van der Waals surface area contributed by atoms with E-state index in [-0.39, 0.29) is 22.9 Å². The van der Waals surface area contributed by atoms with Crippen LogP contribution in [-0.4, -0.2) is 54.9 Å². The van der Waals surface area contributed by atoms with E-state index in [1.54, 1.807) is 19.0 Å². The quantitative estimate of drug-likeness (QED) is 0.568. The van der Waals surface area contributed by atoms with Gasteiger partial charge in [0.25, 0.3) is 0 Å². The summed E-state index contributed by atoms with van der Waals surface area (Å²) < 4.78 is 38.5. The van der Waals surface area contributed by atoms with Crippen molar-refractivity contribution in [3.8, 4) is 0 Å². The Morgan fingerprint density at radius 2 is 2.04 bits per heavy atom. The van der Waals surface area contributed by atoms with Crippen LogP contribution in [0, 0.1) is 0 Å². The zero-order valence-corrected chi connectivity index (χ0v) is 16.3. The van der Waals surface area contributed by atoms with E-state index in [0.29, 0.717) is 0 Å². The number of hydrogen-bond acceptors (Lipinski definition) is 5. The Labute approximate surface area is 165 Å². The first kappa shape index (κ1) is 22.4. The standard InChI is InChI=1S/C17H22ClF3N4O3/c1-16(8-26,10-5-4-9(6-11(10)18)17(19,20)21)24-14(28)12-7-13(27)23-15(22-12)25(2)3/h4-6,12,15,22,26H,7-8H2,1-3H3,(H,23,27)(H,24,28)/t12?,15?,16-/m1/s1. The highest BCUT2D eigenvalue weighted by molar-refractivity contribution is 6.31. The van der Waals surface area contributed by atoms with Crippen LogP contribution in [0.1, 0.15) is 24.5 Å². The van der Waals surface area contributed by atoms with Crippen molar-refractivity contribution in [1.82, 2.24) is 20.9 Å². The lowest BCUT2D eigenvalue weighted by Gasteiger charge is -2.37. The molecule has 1 fully saturated rings. The Kier molecular flexibility index (Phi) is 6.59. The number of nitrogens with zero attached hydrogens (tertiary/aromatic N) is 1. The Bertz CT molecular complexity index is 760. The van der Waals surface area contributed by atoms with Crippen molar-refractivity contribution in [3.63, 3.8) is 0 Å². The molecule has 0 saturated carbocycles. The average molecular weight is 423 g/mol. The van der Waals surface area contributed by atoms with Crippen LogP contribution in [0.2, 0.25) is 5.02 Å². The van der Waals surface area contributed by atoms with E-state index in [1.165, 1.54) is 6.92 Å². The fraction of sp³-hybridized carbons (Fsp3) is 0.529. The van der Waals surface area contributed by atoms with Crippen LogP contribution in [0.5, 0.6) is 0 Å². The third-order valence-electron chi connectivity index (χ3n) is 4.49. The van der Waals surface area contributed by atoms with E-state index in [1.807, 2.05) is 0 Å². The van der Waals surface area contributed by atoms with E-state index in [9.17, 15) is 27.9 Å². The molecule has 156 valence electrons. The minimum Gasteiger partial charge on any atom is -0.394 e. The molecule has 0 bridgehead atoms. The van der Waals surface area contributed by atoms with Crippen molar-refractivity contribution >= 4 is 23.4 Å². The SMILES string of the molecule is CN(C)C1NC(=O)CC(C(=O)N[C@](C)(CO)c2ccc(C(F)(F)F)cc2Cl)N1. The molecule has 7 nitrogen and oxygen atoms in total. The van der Waals surface area contributed by atoms with E-state index >= 15 is 0 Å². The molecule has 1 aromatic carbocycles. The highest BCUT2D eigenvalue weighted by atomic mass is 35.5. The second-order valence-corrected chi connectivity index (χ2v) is 7.44. The molecule has 0 aromatic heterocycles. The summed E-state index contributed by atoms with van der Waals surface area (Å²) in [6.45, 7) is 0.825. The number of amides is 2. The predicted molar refractivity (Wildman–Crippen MR) is 96.2 cm³/mol. The Morgan fingerprint density at radius 3 is 2.54 bits per heavy atom. The second kappa shape index (κ2) is 8.24. The Hall–Kier alpha value is -1.88. The highest BCUT2D eigenvalue weighted by Crippen LogP contribution is 2.35. The summed E-state index contributed by atoms with van der Waals surface area (Å²) in [5, 5.41) is 17.8. The van der Waals surface area contributed by atoms with Gasteiger partial charge in [0, 0.05) is 5.02 Å². The lowest BCUT2D eigenvalue weighted by atomic mass is 9.91. The number of halogens is 4. The maximum Gasteiger partial charge on any atom is 0.416 e. The van der Waals surface area contributed by atoms with Crippen LogP contribution in [0.3, 0.4) is 0 Å². The summed E-state index contributed by atoms with van der Waals surface area (Å²) in [5.41, 5.74) is -2.25. The summed E-state index contributed by atoms with van der Waals surface area (Å²) in [6, 6.07) is 1.80. The fourth-order valence-corrected chi connectivity index (χ4v) is 3.21. The molecule has 11 heteroatoms. The van der Waals surface area contributed by atoms with Gasteiger partial charge in [-0.25, -0.2) is 0 Å². The minimum atomic E-state index is -4.57. The van der Waals surface area contributed by atoms with Crippen molar-refractivity contribution in [3.05, 3.63) is 34.3 Å². The fourth-order valence-electron chi connectivity index (χ4n) is 2.82. The van der Waals surface area contributed by atoms with Gasteiger partial charge in [0.05, 0.1) is 30.2 Å². The summed E-state index contributed by atoms with van der Waals surface area (Å²) >= 11 is 6.01. The van der Waals surface area contributed by atoms with Gasteiger partial charge in [0.1, 0.15) is 6.29 Å². The van der Waals surface area contributed by atoms with E-state index < -0.39 is 42.1 Å². The molecule has 0 spiro atoms. The van der Waals surface area contributed by atoms with Crippen LogP contribution in [-0.2, 0) is 21.3 Å². The van der Waals surface area contributed by atoms with Gasteiger partial charge >= 0.3 is 6.18 Å². The lowest BCUT2D eigenvalue weighted by molar-refractivity contribution is -0.137. The van der Waals surface area contributed by atoms with Gasteiger partial charge in [-0.15, -0.1) is 0 Å². The summed E-state index contributed by atoms with van der Waals surface area (Å²) in [5.74, 6) is -0.926. The first-order valence-corrected chi connectivity index (χ1v) is 8.77. The van der Waals surface area contributed by atoms with Crippen molar-refractivity contribution in [2.75, 3.05) is 20.7 Å². The van der Waals surface area contributed by atoms with Crippen LogP contribution >= 0.6 is 11.6 Å². The molecule has 1 aliphatic heterocycles. The van der Waals surface area contributed by atoms with Crippen molar-refractivity contribution in [2.45, 2.75) is 37.4 Å². The van der Waals surface area contributed by atoms with Gasteiger partial charge in [-0.1, -0.05) is 17.7 Å². The molecule has 3 atom stereocenters. The van der Waals surface area contributed by atoms with Crippen LogP contribution in [0.4, 0.5) is 13.2 Å². The third kappa shape index (κ3) is 4.93. The molecule has 1 heterocycles. The molecule has 2 amide bonds. The van der Waals surface area contributed by atoms with Gasteiger partial charge in [0.2, 0.25) is 11.8 Å². The van der Waals surface area contributed by atoms with Gasteiger partial charge in [-0.2, -0.15) is 13.2 Å². The van der Waals surface area contributed by atoms with Crippen LogP contribution in [0.15, 0.2) is 18.2 Å². The van der Waals surface area contributed by atoms with Gasteiger partial charge < -0.3 is 15.7 Å². The molecular weight excluding hydrogens is 401 g/mol. The van der Waals surface area contributed by atoms with Gasteiger partial charge in [0.15, 0.2) is 0 Å². The van der Waals surface area contributed by atoms with E-state index in [4.69, 9.17) is 11.6 Å². The zero-order chi connectivity index (χ0) is 21.3. The summed E-state index contributed by atoms with van der Waals surface area (Å²) in [6.07, 6.45) is -5.26. The van der Waals surface area contributed by atoms with Crippen LogP contribution in [0.25, 0.3) is 0 Å². The summed E-state index contributed by atoms with van der Waals surface area (Å²) in [7, 11) is 3.41. The molecule has 1 aromatic rings. The smallest absolute Gasteiger partial charge is 0.394 e. The second-order valence-electron chi connectivity index (χ2n) is 7.03. The zero-order valence-electron chi connectivity index (χ0n) is 15.5. The molecule has 2 unspecified atom stereocenters. The molecule has 28 heavy (non-hydrogen) atoms. The first-order valence-electron chi connectivity index (χ1n) is 8.39. The number of carbonyl (C=O) groups is 2. The normalized spacial score (nSPS) is 22.5. The first-order chi connectivity index (χ1) is 12.9. The van der Waals surface area contributed by atoms with Crippen molar-refractivity contribution < 1.29 is 27.9 Å².